The summed E-state index contributed by atoms with van der Waals surface area (Å²) in [4.78, 5) is 0. The van der Waals surface area contributed by atoms with Gasteiger partial charge in [0.25, 0.3) is 0 Å². The van der Waals surface area contributed by atoms with Crippen molar-refractivity contribution in [3.8, 4) is 5.75 Å². The van der Waals surface area contributed by atoms with Crippen molar-refractivity contribution in [1.82, 2.24) is 0 Å². The molecule has 5 nitrogen and oxygen atoms in total. The summed E-state index contributed by atoms with van der Waals surface area (Å²) in [6.07, 6.45) is -0.288. The van der Waals surface area contributed by atoms with Gasteiger partial charge in [0.2, 0.25) is 0 Å². The third kappa shape index (κ3) is 5.08. The first-order valence-corrected chi connectivity index (χ1v) is 9.06. The average Bonchev–Trinajstić information content (AvgIpc) is 2.48. The third-order valence-electron chi connectivity index (χ3n) is 2.84. The van der Waals surface area contributed by atoms with Crippen LogP contribution in [0.5, 0.6) is 5.75 Å². The minimum Gasteiger partial charge on any atom is -0.465 e. The van der Waals surface area contributed by atoms with Gasteiger partial charge in [-0.05, 0) is 39.8 Å². The largest absolute Gasteiger partial charge is 0.537 e. The molecule has 0 amide bonds. The van der Waals surface area contributed by atoms with E-state index in [2.05, 4.69) is 0 Å². The Hall–Kier alpha value is -0.923. The molecule has 0 bridgehead atoms. The molecule has 0 aliphatic carbocycles. The molecule has 0 saturated heterocycles. The molecule has 21 heavy (non-hydrogen) atoms. The van der Waals surface area contributed by atoms with E-state index in [9.17, 15) is 0 Å². The molecule has 0 radical (unpaired) electrons. The fourth-order valence-electron chi connectivity index (χ4n) is 1.92. The van der Waals surface area contributed by atoms with Crippen LogP contribution in [0.4, 0.5) is 0 Å². The van der Waals surface area contributed by atoms with Crippen molar-refractivity contribution in [2.45, 2.75) is 34.0 Å². The predicted molar refractivity (Wildman–Crippen MR) is 83.8 cm³/mol. The van der Waals surface area contributed by atoms with Gasteiger partial charge < -0.3 is 22.8 Å². The van der Waals surface area contributed by atoms with Crippen molar-refractivity contribution < 1.29 is 22.8 Å². The molecule has 120 valence electrons. The fraction of sp³-hybridized carbons (Fsp3) is 0.600. The molecule has 0 spiro atoms. The molecule has 1 unspecified atom stereocenters. The number of hydrogen-bond donors (Lipinski definition) is 0. The highest BCUT2D eigenvalue weighted by Gasteiger charge is 2.43. The average molecular weight is 314 g/mol. The SMILES string of the molecule is CCO[Si](OCC)(OCC)c1ccc(OC(C)OC)cc1. The van der Waals surface area contributed by atoms with Gasteiger partial charge in [-0.1, -0.05) is 12.1 Å². The number of hydrogen-bond acceptors (Lipinski definition) is 5. The quantitative estimate of drug-likeness (QED) is 0.490. The summed E-state index contributed by atoms with van der Waals surface area (Å²) in [7, 11) is -1.22. The van der Waals surface area contributed by atoms with E-state index in [0.29, 0.717) is 19.8 Å². The number of methoxy groups -OCH3 is 1. The lowest BCUT2D eigenvalue weighted by Crippen LogP contribution is -2.56. The minimum absolute atomic E-state index is 0.288. The van der Waals surface area contributed by atoms with E-state index in [-0.39, 0.29) is 6.29 Å². The van der Waals surface area contributed by atoms with E-state index in [1.165, 1.54) is 0 Å². The number of benzene rings is 1. The van der Waals surface area contributed by atoms with Crippen molar-refractivity contribution in [2.24, 2.45) is 0 Å². The Morgan fingerprint density at radius 3 is 1.76 bits per heavy atom. The molecule has 1 aromatic carbocycles. The Bertz CT molecular complexity index is 379. The lowest BCUT2D eigenvalue weighted by Gasteiger charge is -2.28. The second kappa shape index (κ2) is 9.17. The van der Waals surface area contributed by atoms with Crippen LogP contribution in [0.25, 0.3) is 0 Å². The Labute approximate surface area is 128 Å². The van der Waals surface area contributed by atoms with Crippen molar-refractivity contribution >= 4 is 14.0 Å². The molecule has 1 atom stereocenters. The van der Waals surface area contributed by atoms with Gasteiger partial charge in [-0.15, -0.1) is 0 Å². The first-order valence-electron chi connectivity index (χ1n) is 7.33. The second-order valence-corrected chi connectivity index (χ2v) is 6.86. The Morgan fingerprint density at radius 1 is 0.905 bits per heavy atom. The van der Waals surface area contributed by atoms with Gasteiger partial charge in [0, 0.05) is 32.1 Å². The highest BCUT2D eigenvalue weighted by Crippen LogP contribution is 2.15. The maximum absolute atomic E-state index is 5.87. The lowest BCUT2D eigenvalue weighted by molar-refractivity contribution is -0.0382. The van der Waals surface area contributed by atoms with E-state index in [1.54, 1.807) is 7.11 Å². The van der Waals surface area contributed by atoms with Crippen LogP contribution in [0.1, 0.15) is 27.7 Å². The van der Waals surface area contributed by atoms with Crippen LogP contribution in [-0.2, 0) is 18.0 Å². The van der Waals surface area contributed by atoms with Gasteiger partial charge in [-0.2, -0.15) is 0 Å². The van der Waals surface area contributed by atoms with Gasteiger partial charge in [0.05, 0.1) is 0 Å². The molecule has 0 N–H and O–H groups in total. The standard InChI is InChI=1S/C15H26O5Si/c1-6-17-21(18-7-2,19-8-3)15-11-9-14(10-12-15)20-13(4)16-5/h9-13H,6-8H2,1-5H3. The molecule has 1 aromatic rings. The van der Waals surface area contributed by atoms with Crippen molar-refractivity contribution in [3.05, 3.63) is 24.3 Å². The van der Waals surface area contributed by atoms with E-state index in [4.69, 9.17) is 22.8 Å². The molecule has 6 heteroatoms. The zero-order valence-corrected chi connectivity index (χ0v) is 14.5. The van der Waals surface area contributed by atoms with E-state index in [0.717, 1.165) is 10.9 Å². The monoisotopic (exact) mass is 314 g/mol. The topological polar surface area (TPSA) is 46.2 Å². The van der Waals surface area contributed by atoms with E-state index in [1.807, 2.05) is 52.0 Å². The lowest BCUT2D eigenvalue weighted by atomic mass is 10.3. The second-order valence-electron chi connectivity index (χ2n) is 4.30. The van der Waals surface area contributed by atoms with Gasteiger partial charge in [-0.3, -0.25) is 0 Å². The highest BCUT2D eigenvalue weighted by molar-refractivity contribution is 6.75. The molecule has 0 heterocycles. The summed E-state index contributed by atoms with van der Waals surface area (Å²) < 4.78 is 28.3. The molecule has 0 saturated carbocycles. The maximum atomic E-state index is 5.87. The first-order chi connectivity index (χ1) is 10.1. The Morgan fingerprint density at radius 2 is 1.38 bits per heavy atom. The van der Waals surface area contributed by atoms with Gasteiger partial charge in [0.1, 0.15) is 5.75 Å². The van der Waals surface area contributed by atoms with Gasteiger partial charge >= 0.3 is 8.80 Å². The summed E-state index contributed by atoms with van der Waals surface area (Å²) in [5, 5.41) is 0.936. The maximum Gasteiger partial charge on any atom is 0.537 e. The van der Waals surface area contributed by atoms with Crippen LogP contribution >= 0.6 is 0 Å². The molecule has 0 aliphatic heterocycles. The van der Waals surface area contributed by atoms with E-state index >= 15 is 0 Å². The molecule has 0 aliphatic rings. The summed E-state index contributed by atoms with van der Waals surface area (Å²) in [5.41, 5.74) is 0. The first kappa shape index (κ1) is 18.1. The van der Waals surface area contributed by atoms with Crippen LogP contribution in [0.2, 0.25) is 0 Å². The summed E-state index contributed by atoms with van der Waals surface area (Å²) >= 11 is 0. The van der Waals surface area contributed by atoms with Gasteiger partial charge in [0.15, 0.2) is 6.29 Å². The van der Waals surface area contributed by atoms with Crippen molar-refractivity contribution in [2.75, 3.05) is 26.9 Å². The van der Waals surface area contributed by atoms with Crippen LogP contribution in [0.3, 0.4) is 0 Å². The summed E-state index contributed by atoms with van der Waals surface area (Å²) in [5.74, 6) is 0.737. The van der Waals surface area contributed by atoms with Crippen LogP contribution in [0, 0.1) is 0 Å². The summed E-state index contributed by atoms with van der Waals surface area (Å²) in [6.45, 7) is 9.31. The normalized spacial score (nSPS) is 13.2. The van der Waals surface area contributed by atoms with Crippen LogP contribution in [-0.4, -0.2) is 42.0 Å². The van der Waals surface area contributed by atoms with Crippen LogP contribution < -0.4 is 9.92 Å². The molecular formula is C15H26O5Si. The highest BCUT2D eigenvalue weighted by atomic mass is 28.4. The molecule has 0 aromatic heterocycles. The van der Waals surface area contributed by atoms with Crippen molar-refractivity contribution in [1.29, 1.82) is 0 Å². The zero-order chi connectivity index (χ0) is 15.7. The third-order valence-corrected chi connectivity index (χ3v) is 5.89. The fourth-order valence-corrected chi connectivity index (χ4v) is 4.39. The predicted octanol–water partition coefficient (Wildman–Crippen LogP) is 2.31. The molecular weight excluding hydrogens is 288 g/mol. The summed E-state index contributed by atoms with van der Waals surface area (Å²) in [6, 6.07) is 7.63. The smallest absolute Gasteiger partial charge is 0.465 e. The van der Waals surface area contributed by atoms with Crippen molar-refractivity contribution in [3.63, 3.8) is 0 Å². The molecule has 1 rings (SSSR count). The molecule has 0 fully saturated rings. The minimum atomic E-state index is -2.83. The van der Waals surface area contributed by atoms with Gasteiger partial charge in [-0.25, -0.2) is 0 Å². The van der Waals surface area contributed by atoms with E-state index < -0.39 is 8.80 Å². The van der Waals surface area contributed by atoms with Crippen LogP contribution in [0.15, 0.2) is 24.3 Å². The number of rotatable bonds is 10. The zero-order valence-electron chi connectivity index (χ0n) is 13.5. The Balaban J connectivity index is 2.96. The Kier molecular flexibility index (Phi) is 7.91. The number of ether oxygens (including phenoxy) is 2.